The fourth-order valence-electron chi connectivity index (χ4n) is 3.20. The lowest BCUT2D eigenvalue weighted by Crippen LogP contribution is -2.33. The highest BCUT2D eigenvalue weighted by Gasteiger charge is 2.20. The van der Waals surface area contributed by atoms with Crippen LogP contribution in [0.25, 0.3) is 11.4 Å². The Kier molecular flexibility index (Phi) is 6.43. The molecule has 1 aromatic heterocycles. The van der Waals surface area contributed by atoms with Crippen molar-refractivity contribution in [3.63, 3.8) is 0 Å². The fraction of sp³-hybridized carbons (Fsp3) is 0.500. The molecule has 0 unspecified atom stereocenters. The molecule has 0 saturated heterocycles. The number of carbonyl (C=O) groups is 1. The summed E-state index contributed by atoms with van der Waals surface area (Å²) in [5.41, 5.74) is 0.789. The third-order valence-electron chi connectivity index (χ3n) is 4.49. The molecule has 2 aromatic rings. The maximum absolute atomic E-state index is 12.2. The second-order valence-corrected chi connectivity index (χ2v) is 7.61. The Morgan fingerprint density at radius 1 is 1.38 bits per heavy atom. The Bertz CT molecular complexity index is 775. The van der Waals surface area contributed by atoms with Gasteiger partial charge >= 0.3 is 0 Å². The summed E-state index contributed by atoms with van der Waals surface area (Å²) in [6.07, 6.45) is 4.57. The van der Waals surface area contributed by atoms with E-state index in [2.05, 4.69) is 15.5 Å². The highest BCUT2D eigenvalue weighted by Crippen LogP contribution is 2.33. The van der Waals surface area contributed by atoms with E-state index in [1.165, 1.54) is 24.6 Å². The molecule has 1 aliphatic rings. The van der Waals surface area contributed by atoms with Gasteiger partial charge < -0.3 is 14.6 Å². The Balaban J connectivity index is 1.74. The van der Waals surface area contributed by atoms with E-state index in [0.29, 0.717) is 40.1 Å². The molecule has 1 saturated carbocycles. The topological polar surface area (TPSA) is 69.0 Å². The van der Waals surface area contributed by atoms with Gasteiger partial charge in [-0.2, -0.15) is 0 Å². The number of nitrogens with one attached hydrogen (secondary N) is 1. The minimum Gasteiger partial charge on any atom is -0.496 e. The van der Waals surface area contributed by atoms with Crippen LogP contribution in [0.3, 0.4) is 0 Å². The lowest BCUT2D eigenvalue weighted by Gasteiger charge is -2.12. The van der Waals surface area contributed by atoms with Crippen molar-refractivity contribution in [3.8, 4) is 17.1 Å². The van der Waals surface area contributed by atoms with Gasteiger partial charge in [0.15, 0.2) is 11.0 Å². The smallest absolute Gasteiger partial charge is 0.230 e. The predicted molar refractivity (Wildman–Crippen MR) is 104 cm³/mol. The molecule has 1 aliphatic carbocycles. The van der Waals surface area contributed by atoms with E-state index in [0.717, 1.165) is 18.4 Å². The van der Waals surface area contributed by atoms with Crippen LogP contribution in [-0.2, 0) is 11.3 Å². The van der Waals surface area contributed by atoms with Crippen LogP contribution in [0.5, 0.6) is 5.75 Å². The van der Waals surface area contributed by atoms with Gasteiger partial charge in [0.1, 0.15) is 5.75 Å². The second kappa shape index (κ2) is 8.77. The summed E-state index contributed by atoms with van der Waals surface area (Å²) < 4.78 is 7.40. The number of aromatic nitrogens is 3. The minimum atomic E-state index is 0.0504. The molecule has 0 radical (unpaired) electrons. The van der Waals surface area contributed by atoms with E-state index in [9.17, 15) is 4.79 Å². The zero-order valence-corrected chi connectivity index (χ0v) is 16.6. The number of amides is 1. The van der Waals surface area contributed by atoms with Crippen LogP contribution in [0.2, 0.25) is 5.02 Å². The van der Waals surface area contributed by atoms with Crippen LogP contribution in [0.4, 0.5) is 0 Å². The standard InChI is InChI=1S/C18H23ClN4O2S/c1-3-23-17(14-10-12(19)8-9-15(14)25-2)21-22-18(23)26-11-16(24)20-13-6-4-5-7-13/h8-10,13H,3-7,11H2,1-2H3,(H,20,24). The van der Waals surface area contributed by atoms with Crippen molar-refractivity contribution < 1.29 is 9.53 Å². The molecule has 1 N–H and O–H groups in total. The average Bonchev–Trinajstić information content (AvgIpc) is 3.29. The number of hydrogen-bond donors (Lipinski definition) is 1. The molecule has 0 bridgehead atoms. The van der Waals surface area contributed by atoms with Gasteiger partial charge in [-0.25, -0.2) is 0 Å². The Morgan fingerprint density at radius 2 is 2.15 bits per heavy atom. The van der Waals surface area contributed by atoms with Crippen molar-refractivity contribution in [1.82, 2.24) is 20.1 Å². The summed E-state index contributed by atoms with van der Waals surface area (Å²) in [6, 6.07) is 5.74. The first-order valence-corrected chi connectivity index (χ1v) is 10.2. The molecule has 8 heteroatoms. The number of thioether (sulfide) groups is 1. The van der Waals surface area contributed by atoms with Gasteiger partial charge in [0, 0.05) is 17.6 Å². The lowest BCUT2D eigenvalue weighted by molar-refractivity contribution is -0.119. The molecule has 26 heavy (non-hydrogen) atoms. The molecule has 1 amide bonds. The first-order chi connectivity index (χ1) is 12.6. The second-order valence-electron chi connectivity index (χ2n) is 6.23. The first kappa shape index (κ1) is 19.0. The summed E-state index contributed by atoms with van der Waals surface area (Å²) >= 11 is 7.54. The summed E-state index contributed by atoms with van der Waals surface area (Å²) in [4.78, 5) is 12.2. The van der Waals surface area contributed by atoms with Crippen LogP contribution in [0, 0.1) is 0 Å². The molecular weight excluding hydrogens is 372 g/mol. The van der Waals surface area contributed by atoms with Crippen LogP contribution in [0.1, 0.15) is 32.6 Å². The molecule has 0 atom stereocenters. The molecule has 0 spiro atoms. The third-order valence-corrected chi connectivity index (χ3v) is 5.69. The number of carbonyl (C=O) groups excluding carboxylic acids is 1. The molecule has 1 heterocycles. The number of nitrogens with zero attached hydrogens (tertiary/aromatic N) is 3. The summed E-state index contributed by atoms with van der Waals surface area (Å²) in [5, 5.41) is 13.0. The van der Waals surface area contributed by atoms with Crippen LogP contribution in [-0.4, -0.2) is 39.6 Å². The lowest BCUT2D eigenvalue weighted by atomic mass is 10.2. The van der Waals surface area contributed by atoms with Gasteiger partial charge in [0.05, 0.1) is 18.4 Å². The van der Waals surface area contributed by atoms with Crippen molar-refractivity contribution in [2.45, 2.75) is 50.4 Å². The van der Waals surface area contributed by atoms with Crippen LogP contribution >= 0.6 is 23.4 Å². The first-order valence-electron chi connectivity index (χ1n) is 8.81. The van der Waals surface area contributed by atoms with E-state index in [1.54, 1.807) is 13.2 Å². The highest BCUT2D eigenvalue weighted by atomic mass is 35.5. The molecule has 1 fully saturated rings. The van der Waals surface area contributed by atoms with E-state index >= 15 is 0 Å². The van der Waals surface area contributed by atoms with E-state index in [4.69, 9.17) is 16.3 Å². The number of rotatable bonds is 7. The molecule has 1 aromatic carbocycles. The SMILES string of the molecule is CCn1c(SCC(=O)NC2CCCC2)nnc1-c1cc(Cl)ccc1OC. The fourth-order valence-corrected chi connectivity index (χ4v) is 4.19. The Labute approximate surface area is 162 Å². The normalized spacial score (nSPS) is 14.6. The van der Waals surface area contributed by atoms with Crippen molar-refractivity contribution in [3.05, 3.63) is 23.2 Å². The van der Waals surface area contributed by atoms with Crippen molar-refractivity contribution in [2.75, 3.05) is 12.9 Å². The largest absolute Gasteiger partial charge is 0.496 e. The van der Waals surface area contributed by atoms with Crippen molar-refractivity contribution in [1.29, 1.82) is 0 Å². The zero-order chi connectivity index (χ0) is 18.5. The maximum Gasteiger partial charge on any atom is 0.230 e. The van der Waals surface area contributed by atoms with Gasteiger partial charge in [0.2, 0.25) is 5.91 Å². The Hall–Kier alpha value is -1.73. The zero-order valence-electron chi connectivity index (χ0n) is 15.0. The van der Waals surface area contributed by atoms with Crippen molar-refractivity contribution >= 4 is 29.3 Å². The van der Waals surface area contributed by atoms with Crippen molar-refractivity contribution in [2.24, 2.45) is 0 Å². The third kappa shape index (κ3) is 4.32. The van der Waals surface area contributed by atoms with E-state index in [-0.39, 0.29) is 5.91 Å². The molecule has 3 rings (SSSR count). The van der Waals surface area contributed by atoms with Gasteiger partial charge in [-0.3, -0.25) is 4.79 Å². The summed E-state index contributed by atoms with van der Waals surface area (Å²) in [6.45, 7) is 2.71. The predicted octanol–water partition coefficient (Wildman–Crippen LogP) is 3.78. The number of methoxy groups -OCH3 is 1. The van der Waals surface area contributed by atoms with Gasteiger partial charge in [-0.05, 0) is 38.0 Å². The average molecular weight is 395 g/mol. The monoisotopic (exact) mass is 394 g/mol. The quantitative estimate of drug-likeness (QED) is 0.724. The van der Waals surface area contributed by atoms with E-state index < -0.39 is 0 Å². The molecule has 140 valence electrons. The number of benzene rings is 1. The minimum absolute atomic E-state index is 0.0504. The number of ether oxygens (including phenoxy) is 1. The number of hydrogen-bond acceptors (Lipinski definition) is 5. The molecular formula is C18H23ClN4O2S. The van der Waals surface area contributed by atoms with Gasteiger partial charge in [-0.1, -0.05) is 36.2 Å². The van der Waals surface area contributed by atoms with Gasteiger partial charge in [0.25, 0.3) is 0 Å². The van der Waals surface area contributed by atoms with Crippen LogP contribution in [0.15, 0.2) is 23.4 Å². The maximum atomic E-state index is 12.2. The van der Waals surface area contributed by atoms with Crippen LogP contribution < -0.4 is 10.1 Å². The molecule has 6 nitrogen and oxygen atoms in total. The highest BCUT2D eigenvalue weighted by molar-refractivity contribution is 7.99. The summed E-state index contributed by atoms with van der Waals surface area (Å²) in [5.74, 6) is 1.76. The number of halogens is 1. The Morgan fingerprint density at radius 3 is 2.85 bits per heavy atom. The summed E-state index contributed by atoms with van der Waals surface area (Å²) in [7, 11) is 1.61. The van der Waals surface area contributed by atoms with Gasteiger partial charge in [-0.15, -0.1) is 10.2 Å². The molecule has 0 aliphatic heterocycles. The van der Waals surface area contributed by atoms with E-state index in [1.807, 2.05) is 23.6 Å².